The van der Waals surface area contributed by atoms with Gasteiger partial charge in [0, 0.05) is 30.0 Å². The molecule has 0 saturated heterocycles. The SMILES string of the molecule is COc1c(Nc2ccnc3c2CCC3O)ccc(NCCc2c[nH]c3c(OC)cccc23)c1F. The topological polar surface area (TPSA) is 91.4 Å². The van der Waals surface area contributed by atoms with Crippen LogP contribution in [0.5, 0.6) is 11.5 Å². The molecule has 7 nitrogen and oxygen atoms in total. The van der Waals surface area contributed by atoms with E-state index in [0.29, 0.717) is 36.5 Å². The highest BCUT2D eigenvalue weighted by atomic mass is 19.1. The summed E-state index contributed by atoms with van der Waals surface area (Å²) in [5, 5.41) is 17.6. The van der Waals surface area contributed by atoms with Crippen molar-refractivity contribution in [1.29, 1.82) is 0 Å². The zero-order chi connectivity index (χ0) is 23.7. The van der Waals surface area contributed by atoms with Gasteiger partial charge in [0.2, 0.25) is 0 Å². The van der Waals surface area contributed by atoms with Crippen molar-refractivity contribution in [2.24, 2.45) is 0 Å². The third-order valence-electron chi connectivity index (χ3n) is 6.34. The Kier molecular flexibility index (Phi) is 5.98. The first-order valence-corrected chi connectivity index (χ1v) is 11.3. The first kappa shape index (κ1) is 22.0. The number of aromatic amines is 1. The molecule has 176 valence electrons. The van der Waals surface area contributed by atoms with E-state index in [-0.39, 0.29) is 5.75 Å². The highest BCUT2D eigenvalue weighted by molar-refractivity contribution is 5.88. The van der Waals surface area contributed by atoms with Crippen LogP contribution < -0.4 is 20.1 Å². The number of nitrogens with zero attached hydrogens (tertiary/aromatic N) is 1. The fourth-order valence-corrected chi connectivity index (χ4v) is 4.62. The van der Waals surface area contributed by atoms with Crippen LogP contribution in [0.2, 0.25) is 0 Å². The van der Waals surface area contributed by atoms with Gasteiger partial charge in [0.15, 0.2) is 11.6 Å². The van der Waals surface area contributed by atoms with Crippen LogP contribution in [0.3, 0.4) is 0 Å². The maximum absolute atomic E-state index is 15.3. The van der Waals surface area contributed by atoms with Crippen LogP contribution in [0.1, 0.15) is 29.3 Å². The lowest BCUT2D eigenvalue weighted by Gasteiger charge is -2.17. The second-order valence-corrected chi connectivity index (χ2v) is 8.28. The molecule has 0 fully saturated rings. The van der Waals surface area contributed by atoms with Crippen molar-refractivity contribution in [3.63, 3.8) is 0 Å². The second-order valence-electron chi connectivity index (χ2n) is 8.28. The minimum absolute atomic E-state index is 0.130. The van der Waals surface area contributed by atoms with Crippen molar-refractivity contribution in [3.05, 3.63) is 71.4 Å². The fraction of sp³-hybridized carbons (Fsp3) is 0.269. The summed E-state index contributed by atoms with van der Waals surface area (Å²) < 4.78 is 26.1. The van der Waals surface area contributed by atoms with E-state index in [9.17, 15) is 5.11 Å². The molecular weight excluding hydrogens is 435 g/mol. The second kappa shape index (κ2) is 9.23. The first-order valence-electron chi connectivity index (χ1n) is 11.3. The van der Waals surface area contributed by atoms with Crippen molar-refractivity contribution >= 4 is 28.0 Å². The Balaban J connectivity index is 1.32. The van der Waals surface area contributed by atoms with Crippen LogP contribution in [0.15, 0.2) is 48.8 Å². The molecule has 1 unspecified atom stereocenters. The van der Waals surface area contributed by atoms with Gasteiger partial charge in [-0.15, -0.1) is 0 Å². The third kappa shape index (κ3) is 3.90. The van der Waals surface area contributed by atoms with E-state index in [4.69, 9.17) is 9.47 Å². The number of para-hydroxylation sites is 1. The summed E-state index contributed by atoms with van der Waals surface area (Å²) in [5.41, 5.74) is 5.40. The van der Waals surface area contributed by atoms with Gasteiger partial charge in [-0.3, -0.25) is 4.98 Å². The zero-order valence-corrected chi connectivity index (χ0v) is 19.1. The van der Waals surface area contributed by atoms with Gasteiger partial charge in [-0.25, -0.2) is 4.39 Å². The first-order chi connectivity index (χ1) is 16.6. The van der Waals surface area contributed by atoms with Gasteiger partial charge in [-0.1, -0.05) is 12.1 Å². The van der Waals surface area contributed by atoms with E-state index in [2.05, 4.69) is 20.6 Å². The van der Waals surface area contributed by atoms with Gasteiger partial charge in [-0.05, 0) is 54.7 Å². The standard InChI is InChI=1S/C26H27FN4O3/c1-33-22-5-3-4-16-15(14-30-25(16)22)10-12-28-19-7-8-20(26(34-2)23(19)27)31-18-11-13-29-24-17(18)6-9-21(24)32/h3-5,7-8,11,13-14,21,28,30,32H,6,9-10,12H2,1-2H3,(H,29,31). The Morgan fingerprint density at radius 1 is 1.12 bits per heavy atom. The molecule has 2 aromatic carbocycles. The van der Waals surface area contributed by atoms with Gasteiger partial charge in [0.1, 0.15) is 5.75 Å². The number of H-pyrrole nitrogens is 1. The lowest BCUT2D eigenvalue weighted by atomic mass is 10.1. The predicted molar refractivity (Wildman–Crippen MR) is 131 cm³/mol. The number of halogens is 1. The summed E-state index contributed by atoms with van der Waals surface area (Å²) in [6.45, 7) is 0.548. The largest absolute Gasteiger partial charge is 0.495 e. The number of aliphatic hydroxyl groups is 1. The van der Waals surface area contributed by atoms with Crippen LogP contribution in [-0.4, -0.2) is 35.8 Å². The van der Waals surface area contributed by atoms with Gasteiger partial charge in [0.05, 0.1) is 42.9 Å². The summed E-state index contributed by atoms with van der Waals surface area (Å²) in [7, 11) is 3.10. The van der Waals surface area contributed by atoms with Crippen molar-refractivity contribution < 1.29 is 19.0 Å². The molecule has 0 bridgehead atoms. The van der Waals surface area contributed by atoms with Crippen LogP contribution in [-0.2, 0) is 12.8 Å². The lowest BCUT2D eigenvalue weighted by molar-refractivity contribution is 0.176. The number of methoxy groups -OCH3 is 2. The summed E-state index contributed by atoms with van der Waals surface area (Å²) in [5.74, 6) is 0.467. The van der Waals surface area contributed by atoms with E-state index < -0.39 is 11.9 Å². The zero-order valence-electron chi connectivity index (χ0n) is 19.1. The third-order valence-corrected chi connectivity index (χ3v) is 6.34. The van der Waals surface area contributed by atoms with Crippen molar-refractivity contribution in [1.82, 2.24) is 9.97 Å². The van der Waals surface area contributed by atoms with E-state index in [1.807, 2.05) is 30.5 Å². The maximum atomic E-state index is 15.3. The van der Waals surface area contributed by atoms with Gasteiger partial charge >= 0.3 is 0 Å². The number of benzene rings is 2. The van der Waals surface area contributed by atoms with Gasteiger partial charge in [0.25, 0.3) is 0 Å². The molecule has 2 aromatic heterocycles. The molecule has 1 aliphatic carbocycles. The van der Waals surface area contributed by atoms with Gasteiger partial charge in [-0.2, -0.15) is 0 Å². The number of aliphatic hydroxyl groups excluding tert-OH is 1. The Labute approximate surface area is 196 Å². The number of rotatable bonds is 8. The molecule has 0 saturated carbocycles. The summed E-state index contributed by atoms with van der Waals surface area (Å²) >= 11 is 0. The molecule has 0 amide bonds. The number of hydrogen-bond donors (Lipinski definition) is 4. The molecule has 0 aliphatic heterocycles. The molecule has 34 heavy (non-hydrogen) atoms. The molecular formula is C26H27FN4O3. The number of pyridine rings is 1. The summed E-state index contributed by atoms with van der Waals surface area (Å²) in [4.78, 5) is 7.55. The molecule has 5 rings (SSSR count). The monoisotopic (exact) mass is 462 g/mol. The van der Waals surface area contributed by atoms with E-state index in [1.165, 1.54) is 7.11 Å². The van der Waals surface area contributed by atoms with E-state index in [1.54, 1.807) is 25.4 Å². The Morgan fingerprint density at radius 3 is 2.79 bits per heavy atom. The maximum Gasteiger partial charge on any atom is 0.190 e. The van der Waals surface area contributed by atoms with Crippen molar-refractivity contribution in [2.75, 3.05) is 31.4 Å². The Bertz CT molecular complexity index is 1340. The van der Waals surface area contributed by atoms with Gasteiger partial charge < -0.3 is 30.2 Å². The van der Waals surface area contributed by atoms with Crippen LogP contribution in [0, 0.1) is 5.82 Å². The smallest absolute Gasteiger partial charge is 0.190 e. The number of fused-ring (bicyclic) bond motifs is 2. The Hall–Kier alpha value is -3.78. The van der Waals surface area contributed by atoms with E-state index >= 15 is 4.39 Å². The number of aromatic nitrogens is 2. The molecule has 4 N–H and O–H groups in total. The van der Waals surface area contributed by atoms with Crippen LogP contribution in [0.4, 0.5) is 21.5 Å². The molecule has 1 atom stereocenters. The minimum Gasteiger partial charge on any atom is -0.495 e. The molecule has 4 aromatic rings. The molecule has 0 radical (unpaired) electrons. The molecule has 0 spiro atoms. The Morgan fingerprint density at radius 2 is 1.97 bits per heavy atom. The molecule has 8 heteroatoms. The summed E-state index contributed by atoms with van der Waals surface area (Å²) in [6.07, 6.45) is 5.12. The van der Waals surface area contributed by atoms with Crippen molar-refractivity contribution in [2.45, 2.75) is 25.4 Å². The number of anilines is 3. The highest BCUT2D eigenvalue weighted by Gasteiger charge is 2.25. The minimum atomic E-state index is -0.555. The number of ether oxygens (including phenoxy) is 2. The van der Waals surface area contributed by atoms with E-state index in [0.717, 1.165) is 39.9 Å². The average Bonchev–Trinajstić information content (AvgIpc) is 3.45. The predicted octanol–water partition coefficient (Wildman–Crippen LogP) is 5.10. The molecule has 1 aliphatic rings. The van der Waals surface area contributed by atoms with Crippen LogP contribution >= 0.6 is 0 Å². The number of hydrogen-bond acceptors (Lipinski definition) is 6. The van der Waals surface area contributed by atoms with Crippen molar-refractivity contribution in [3.8, 4) is 11.5 Å². The van der Waals surface area contributed by atoms with Crippen LogP contribution in [0.25, 0.3) is 10.9 Å². The number of nitrogens with one attached hydrogen (secondary N) is 3. The summed E-state index contributed by atoms with van der Waals surface area (Å²) in [6, 6.07) is 11.2. The quantitative estimate of drug-likeness (QED) is 0.291. The fourth-order valence-electron chi connectivity index (χ4n) is 4.62. The normalized spacial score (nSPS) is 14.8. The molecule has 2 heterocycles. The lowest BCUT2D eigenvalue weighted by Crippen LogP contribution is -2.08. The average molecular weight is 463 g/mol. The highest BCUT2D eigenvalue weighted by Crippen LogP contribution is 2.39.